The molecule has 0 aliphatic carbocycles. The summed E-state index contributed by atoms with van der Waals surface area (Å²) in [5.74, 6) is 0. The molecule has 0 fully saturated rings. The lowest BCUT2D eigenvalue weighted by atomic mass is 9.98. The van der Waals surface area contributed by atoms with Crippen LogP contribution in [0.5, 0.6) is 0 Å². The van der Waals surface area contributed by atoms with Crippen LogP contribution in [0.1, 0.15) is 22.8 Å². The predicted molar refractivity (Wildman–Crippen MR) is 72.5 cm³/mol. The minimum absolute atomic E-state index is 0.291. The van der Waals surface area contributed by atoms with Crippen molar-refractivity contribution < 1.29 is 18.3 Å². The van der Waals surface area contributed by atoms with E-state index in [9.17, 15) is 18.3 Å². The highest BCUT2D eigenvalue weighted by Gasteiger charge is 2.35. The number of halogens is 5. The Hall–Kier alpha value is -1.11. The van der Waals surface area contributed by atoms with Crippen LogP contribution in [0.15, 0.2) is 41.1 Å². The summed E-state index contributed by atoms with van der Waals surface area (Å²) < 4.78 is 39.2. The fourth-order valence-corrected chi connectivity index (χ4v) is 2.26. The third-order valence-electron chi connectivity index (χ3n) is 2.71. The highest BCUT2D eigenvalue weighted by Crippen LogP contribution is 2.37. The number of alkyl halides is 3. The van der Waals surface area contributed by atoms with Gasteiger partial charge in [0.1, 0.15) is 6.10 Å². The molecule has 2 nitrogen and oxygen atoms in total. The van der Waals surface area contributed by atoms with Gasteiger partial charge in [0.15, 0.2) is 0 Å². The van der Waals surface area contributed by atoms with E-state index in [2.05, 4.69) is 20.9 Å². The molecular formula is C13H8BrClF3NO. The fourth-order valence-electron chi connectivity index (χ4n) is 1.74. The van der Waals surface area contributed by atoms with Crippen molar-refractivity contribution in [3.63, 3.8) is 0 Å². The molecule has 0 bridgehead atoms. The lowest BCUT2D eigenvalue weighted by molar-refractivity contribution is -0.139. The van der Waals surface area contributed by atoms with Crippen molar-refractivity contribution in [3.8, 4) is 0 Å². The van der Waals surface area contributed by atoms with Crippen molar-refractivity contribution >= 4 is 27.5 Å². The fraction of sp³-hybridized carbons (Fsp3) is 0.154. The summed E-state index contributed by atoms with van der Waals surface area (Å²) in [5.41, 5.74) is -0.917. The van der Waals surface area contributed by atoms with E-state index in [1.54, 1.807) is 0 Å². The first-order valence-electron chi connectivity index (χ1n) is 5.45. The molecule has 0 spiro atoms. The monoisotopic (exact) mass is 365 g/mol. The van der Waals surface area contributed by atoms with Crippen molar-refractivity contribution in [1.82, 2.24) is 4.98 Å². The first-order chi connectivity index (χ1) is 9.30. The average molecular weight is 367 g/mol. The van der Waals surface area contributed by atoms with Gasteiger partial charge in [0, 0.05) is 22.4 Å². The van der Waals surface area contributed by atoms with Crippen LogP contribution in [-0.4, -0.2) is 10.1 Å². The van der Waals surface area contributed by atoms with E-state index in [-0.39, 0.29) is 5.56 Å². The van der Waals surface area contributed by atoms with Gasteiger partial charge in [-0.25, -0.2) is 0 Å². The first-order valence-corrected chi connectivity index (χ1v) is 6.62. The second kappa shape index (κ2) is 5.71. The molecule has 2 aromatic rings. The summed E-state index contributed by atoms with van der Waals surface area (Å²) in [7, 11) is 0. The molecule has 0 radical (unpaired) electrons. The second-order valence-corrected chi connectivity index (χ2v) is 5.30. The van der Waals surface area contributed by atoms with E-state index >= 15 is 0 Å². The molecule has 1 unspecified atom stereocenters. The number of hydrogen-bond acceptors (Lipinski definition) is 2. The summed E-state index contributed by atoms with van der Waals surface area (Å²) in [6.45, 7) is 0. The van der Waals surface area contributed by atoms with Gasteiger partial charge in [-0.15, -0.1) is 0 Å². The molecule has 0 amide bonds. The third-order valence-corrected chi connectivity index (χ3v) is 3.93. The van der Waals surface area contributed by atoms with E-state index in [1.165, 1.54) is 18.2 Å². The minimum Gasteiger partial charge on any atom is -0.384 e. The maximum absolute atomic E-state index is 12.9. The molecule has 7 heteroatoms. The van der Waals surface area contributed by atoms with Crippen molar-refractivity contribution in [3.05, 3.63) is 62.8 Å². The molecular weight excluding hydrogens is 358 g/mol. The molecule has 0 aliphatic rings. The summed E-state index contributed by atoms with van der Waals surface area (Å²) in [6, 6.07) is 5.27. The number of hydrogen-bond donors (Lipinski definition) is 1. The maximum atomic E-state index is 12.9. The Morgan fingerprint density at radius 3 is 2.55 bits per heavy atom. The van der Waals surface area contributed by atoms with Crippen molar-refractivity contribution in [2.45, 2.75) is 12.3 Å². The first kappa shape index (κ1) is 15.3. The molecule has 0 saturated heterocycles. The summed E-state index contributed by atoms with van der Waals surface area (Å²) >= 11 is 8.98. The number of benzene rings is 1. The van der Waals surface area contributed by atoms with Gasteiger partial charge in [0.05, 0.1) is 10.6 Å². The Labute approximate surface area is 126 Å². The van der Waals surface area contributed by atoms with Crippen LogP contribution in [0.25, 0.3) is 0 Å². The van der Waals surface area contributed by atoms with Crippen LogP contribution in [0.2, 0.25) is 5.02 Å². The predicted octanol–water partition coefficient (Wildman–Crippen LogP) is 4.60. The van der Waals surface area contributed by atoms with Gasteiger partial charge in [0.25, 0.3) is 0 Å². The highest BCUT2D eigenvalue weighted by molar-refractivity contribution is 9.10. The number of rotatable bonds is 2. The van der Waals surface area contributed by atoms with Crippen LogP contribution >= 0.6 is 27.5 Å². The smallest absolute Gasteiger partial charge is 0.384 e. The summed E-state index contributed by atoms with van der Waals surface area (Å²) in [4.78, 5) is 3.65. The Morgan fingerprint density at radius 1 is 1.25 bits per heavy atom. The van der Waals surface area contributed by atoms with Crippen molar-refractivity contribution in [1.29, 1.82) is 0 Å². The number of aromatic nitrogens is 1. The normalized spacial score (nSPS) is 13.3. The average Bonchev–Trinajstić information content (AvgIpc) is 2.40. The van der Waals surface area contributed by atoms with Gasteiger partial charge >= 0.3 is 6.18 Å². The molecule has 1 aromatic carbocycles. The Balaban J connectivity index is 2.48. The largest absolute Gasteiger partial charge is 0.416 e. The van der Waals surface area contributed by atoms with Gasteiger partial charge in [-0.1, -0.05) is 17.7 Å². The van der Waals surface area contributed by atoms with Crippen LogP contribution in [-0.2, 0) is 6.18 Å². The van der Waals surface area contributed by atoms with E-state index < -0.39 is 17.8 Å². The lowest BCUT2D eigenvalue weighted by Gasteiger charge is -2.17. The minimum atomic E-state index is -4.55. The van der Waals surface area contributed by atoms with Crippen LogP contribution in [0, 0.1) is 0 Å². The van der Waals surface area contributed by atoms with Gasteiger partial charge in [-0.05, 0) is 39.7 Å². The van der Waals surface area contributed by atoms with E-state index in [1.807, 2.05) is 0 Å². The van der Waals surface area contributed by atoms with Crippen LogP contribution in [0.3, 0.4) is 0 Å². The van der Waals surface area contributed by atoms with Gasteiger partial charge < -0.3 is 5.11 Å². The lowest BCUT2D eigenvalue weighted by Crippen LogP contribution is -2.13. The quantitative estimate of drug-likeness (QED) is 0.843. The Kier molecular flexibility index (Phi) is 4.36. The van der Waals surface area contributed by atoms with Gasteiger partial charge in [0.2, 0.25) is 0 Å². The zero-order valence-electron chi connectivity index (χ0n) is 9.83. The molecule has 1 heterocycles. The van der Waals surface area contributed by atoms with E-state index in [0.29, 0.717) is 15.1 Å². The van der Waals surface area contributed by atoms with Crippen LogP contribution < -0.4 is 0 Å². The summed E-state index contributed by atoms with van der Waals surface area (Å²) in [5, 5.41) is 10.6. The topological polar surface area (TPSA) is 33.1 Å². The molecule has 106 valence electrons. The van der Waals surface area contributed by atoms with E-state index in [0.717, 1.165) is 18.5 Å². The Bertz CT molecular complexity index is 633. The van der Waals surface area contributed by atoms with E-state index in [4.69, 9.17) is 11.6 Å². The maximum Gasteiger partial charge on any atom is 0.416 e. The number of aliphatic hydroxyl groups excluding tert-OH is 1. The Morgan fingerprint density at radius 2 is 1.95 bits per heavy atom. The SMILES string of the molecule is OC(c1ccc(Cl)c(Br)c1)c1cnccc1C(F)(F)F. The number of pyridine rings is 1. The van der Waals surface area contributed by atoms with Gasteiger partial charge in [-0.3, -0.25) is 4.98 Å². The van der Waals surface area contributed by atoms with Crippen molar-refractivity contribution in [2.75, 3.05) is 0 Å². The molecule has 1 N–H and O–H groups in total. The standard InChI is InChI=1S/C13H8BrClF3NO/c14-10-5-7(1-2-11(10)15)12(20)8-6-19-4-3-9(8)13(16,17)18/h1-6,12,20H. The number of nitrogens with zero attached hydrogens (tertiary/aromatic N) is 1. The van der Waals surface area contributed by atoms with Crippen LogP contribution in [0.4, 0.5) is 13.2 Å². The zero-order chi connectivity index (χ0) is 14.9. The van der Waals surface area contributed by atoms with Crippen molar-refractivity contribution in [2.24, 2.45) is 0 Å². The van der Waals surface area contributed by atoms with Gasteiger partial charge in [-0.2, -0.15) is 13.2 Å². The number of aliphatic hydroxyl groups is 1. The zero-order valence-corrected chi connectivity index (χ0v) is 12.2. The second-order valence-electron chi connectivity index (χ2n) is 4.04. The molecule has 20 heavy (non-hydrogen) atoms. The third kappa shape index (κ3) is 3.13. The molecule has 1 atom stereocenters. The summed E-state index contributed by atoms with van der Waals surface area (Å²) in [6.07, 6.45) is -3.94. The molecule has 1 aromatic heterocycles. The molecule has 0 aliphatic heterocycles. The molecule has 2 rings (SSSR count). The molecule has 0 saturated carbocycles. The highest BCUT2D eigenvalue weighted by atomic mass is 79.9.